The Morgan fingerprint density at radius 2 is 1.82 bits per heavy atom. The summed E-state index contributed by atoms with van der Waals surface area (Å²) < 4.78 is 26.3. The van der Waals surface area contributed by atoms with Gasteiger partial charge in [-0.3, -0.25) is 4.98 Å². The summed E-state index contributed by atoms with van der Waals surface area (Å²) in [6, 6.07) is 7.22. The first-order chi connectivity index (χ1) is 8.18. The number of pyridine rings is 1. The second kappa shape index (κ2) is 5.01. The molecule has 1 unspecified atom stereocenters. The minimum Gasteiger partial charge on any atom is -0.388 e. The first-order valence-electron chi connectivity index (χ1n) is 5.19. The van der Waals surface area contributed by atoms with Crippen molar-refractivity contribution in [2.75, 3.05) is 0 Å². The van der Waals surface area contributed by atoms with E-state index in [-0.39, 0.29) is 12.0 Å². The van der Waals surface area contributed by atoms with Crippen molar-refractivity contribution >= 4 is 0 Å². The van der Waals surface area contributed by atoms with E-state index in [0.29, 0.717) is 5.56 Å². The molecule has 4 heteroatoms. The molecule has 2 nitrogen and oxygen atoms in total. The molecule has 2 rings (SSSR count). The molecule has 0 radical (unpaired) electrons. The van der Waals surface area contributed by atoms with Crippen molar-refractivity contribution in [3.05, 3.63) is 65.5 Å². The van der Waals surface area contributed by atoms with E-state index in [9.17, 15) is 13.9 Å². The Morgan fingerprint density at radius 1 is 1.12 bits per heavy atom. The second-order valence-electron chi connectivity index (χ2n) is 3.71. The van der Waals surface area contributed by atoms with Crippen molar-refractivity contribution in [1.29, 1.82) is 0 Å². The first kappa shape index (κ1) is 11.7. The molecule has 17 heavy (non-hydrogen) atoms. The third-order valence-electron chi connectivity index (χ3n) is 2.54. The molecule has 0 amide bonds. The highest BCUT2D eigenvalue weighted by atomic mass is 19.2. The summed E-state index contributed by atoms with van der Waals surface area (Å²) >= 11 is 0. The molecule has 1 aromatic heterocycles. The number of hydrogen-bond acceptors (Lipinski definition) is 2. The summed E-state index contributed by atoms with van der Waals surface area (Å²) in [7, 11) is 0. The summed E-state index contributed by atoms with van der Waals surface area (Å²) in [5.41, 5.74) is 0.790. The molecule has 1 heterocycles. The van der Waals surface area contributed by atoms with E-state index in [1.54, 1.807) is 24.5 Å². The van der Waals surface area contributed by atoms with Gasteiger partial charge in [0.15, 0.2) is 11.6 Å². The molecule has 2 aromatic rings. The molecule has 1 atom stereocenters. The average molecular weight is 235 g/mol. The normalized spacial score (nSPS) is 12.4. The van der Waals surface area contributed by atoms with Crippen LogP contribution in [0.5, 0.6) is 0 Å². The number of benzene rings is 1. The molecule has 1 aromatic carbocycles. The standard InChI is InChI=1S/C13H11F2NO/c14-11-3-1-2-10(13(11)15)8-12(17)9-4-6-16-7-5-9/h1-7,12,17H,8H2. The molecule has 0 fully saturated rings. The highest BCUT2D eigenvalue weighted by molar-refractivity contribution is 5.22. The van der Waals surface area contributed by atoms with Gasteiger partial charge in [0.2, 0.25) is 0 Å². The van der Waals surface area contributed by atoms with Gasteiger partial charge in [0.05, 0.1) is 6.10 Å². The van der Waals surface area contributed by atoms with Crippen molar-refractivity contribution in [1.82, 2.24) is 4.98 Å². The number of aromatic nitrogens is 1. The maximum atomic E-state index is 13.4. The molecule has 0 spiro atoms. The summed E-state index contributed by atoms with van der Waals surface area (Å²) in [6.45, 7) is 0. The van der Waals surface area contributed by atoms with Crippen LogP contribution in [0.3, 0.4) is 0 Å². The third kappa shape index (κ3) is 2.65. The van der Waals surface area contributed by atoms with Gasteiger partial charge in [-0.25, -0.2) is 8.78 Å². The zero-order chi connectivity index (χ0) is 12.3. The quantitative estimate of drug-likeness (QED) is 0.887. The zero-order valence-corrected chi connectivity index (χ0v) is 8.98. The van der Waals surface area contributed by atoms with Crippen LogP contribution in [0, 0.1) is 11.6 Å². The van der Waals surface area contributed by atoms with Gasteiger partial charge in [-0.2, -0.15) is 0 Å². The van der Waals surface area contributed by atoms with Gasteiger partial charge in [0, 0.05) is 18.8 Å². The molecule has 0 saturated carbocycles. The van der Waals surface area contributed by atoms with Gasteiger partial charge in [-0.1, -0.05) is 12.1 Å². The summed E-state index contributed by atoms with van der Waals surface area (Å²) in [4.78, 5) is 3.82. The Hall–Kier alpha value is -1.81. The SMILES string of the molecule is OC(Cc1cccc(F)c1F)c1ccncc1. The van der Waals surface area contributed by atoms with Gasteiger partial charge in [-0.15, -0.1) is 0 Å². The van der Waals surface area contributed by atoms with Crippen molar-refractivity contribution in [2.24, 2.45) is 0 Å². The van der Waals surface area contributed by atoms with Crippen LogP contribution in [-0.2, 0) is 6.42 Å². The van der Waals surface area contributed by atoms with Gasteiger partial charge in [0.25, 0.3) is 0 Å². The number of halogens is 2. The van der Waals surface area contributed by atoms with E-state index in [2.05, 4.69) is 4.98 Å². The Labute approximate surface area is 97.6 Å². The van der Waals surface area contributed by atoms with E-state index < -0.39 is 17.7 Å². The van der Waals surface area contributed by atoms with Crippen LogP contribution < -0.4 is 0 Å². The lowest BCUT2D eigenvalue weighted by atomic mass is 10.0. The van der Waals surface area contributed by atoms with E-state index in [0.717, 1.165) is 6.07 Å². The summed E-state index contributed by atoms with van der Waals surface area (Å²) in [6.07, 6.45) is 2.25. The van der Waals surface area contributed by atoms with Crippen LogP contribution >= 0.6 is 0 Å². The van der Waals surface area contributed by atoms with E-state index in [1.165, 1.54) is 12.1 Å². The van der Waals surface area contributed by atoms with E-state index in [1.807, 2.05) is 0 Å². The van der Waals surface area contributed by atoms with Crippen molar-refractivity contribution < 1.29 is 13.9 Å². The van der Waals surface area contributed by atoms with Crippen molar-refractivity contribution in [2.45, 2.75) is 12.5 Å². The summed E-state index contributed by atoms with van der Waals surface area (Å²) in [5, 5.41) is 9.87. The van der Waals surface area contributed by atoms with Crippen LogP contribution in [0.2, 0.25) is 0 Å². The predicted octanol–water partition coefficient (Wildman–Crippen LogP) is 2.64. The Balaban J connectivity index is 2.19. The van der Waals surface area contributed by atoms with E-state index in [4.69, 9.17) is 0 Å². The highest BCUT2D eigenvalue weighted by Crippen LogP contribution is 2.20. The third-order valence-corrected chi connectivity index (χ3v) is 2.54. The second-order valence-corrected chi connectivity index (χ2v) is 3.71. The average Bonchev–Trinajstić information content (AvgIpc) is 2.36. The number of hydrogen-bond donors (Lipinski definition) is 1. The fourth-order valence-electron chi connectivity index (χ4n) is 1.62. The van der Waals surface area contributed by atoms with Gasteiger partial charge in [-0.05, 0) is 29.3 Å². The molecule has 0 bridgehead atoms. The molecular weight excluding hydrogens is 224 g/mol. The van der Waals surface area contributed by atoms with Crippen LogP contribution in [0.25, 0.3) is 0 Å². The van der Waals surface area contributed by atoms with Gasteiger partial charge in [0.1, 0.15) is 0 Å². The molecule has 0 aliphatic rings. The van der Waals surface area contributed by atoms with Gasteiger partial charge < -0.3 is 5.11 Å². The molecule has 0 aliphatic carbocycles. The lowest BCUT2D eigenvalue weighted by molar-refractivity contribution is 0.176. The fourth-order valence-corrected chi connectivity index (χ4v) is 1.62. The topological polar surface area (TPSA) is 33.1 Å². The molecule has 88 valence electrons. The Bertz CT molecular complexity index is 502. The van der Waals surface area contributed by atoms with Crippen LogP contribution in [-0.4, -0.2) is 10.1 Å². The zero-order valence-electron chi connectivity index (χ0n) is 8.98. The minimum absolute atomic E-state index is 0.0353. The maximum absolute atomic E-state index is 13.4. The lowest BCUT2D eigenvalue weighted by Crippen LogP contribution is -2.04. The van der Waals surface area contributed by atoms with Crippen LogP contribution in [0.4, 0.5) is 8.78 Å². The number of aliphatic hydroxyl groups is 1. The number of rotatable bonds is 3. The van der Waals surface area contributed by atoms with Gasteiger partial charge >= 0.3 is 0 Å². The van der Waals surface area contributed by atoms with E-state index >= 15 is 0 Å². The molecule has 1 N–H and O–H groups in total. The van der Waals surface area contributed by atoms with Crippen LogP contribution in [0.1, 0.15) is 17.2 Å². The Kier molecular flexibility index (Phi) is 3.44. The maximum Gasteiger partial charge on any atom is 0.162 e. The highest BCUT2D eigenvalue weighted by Gasteiger charge is 2.13. The fraction of sp³-hybridized carbons (Fsp3) is 0.154. The molecule has 0 aliphatic heterocycles. The smallest absolute Gasteiger partial charge is 0.162 e. The summed E-state index contributed by atoms with van der Waals surface area (Å²) in [5.74, 6) is -1.80. The minimum atomic E-state index is -0.902. The lowest BCUT2D eigenvalue weighted by Gasteiger charge is -2.11. The molecular formula is C13H11F2NO. The monoisotopic (exact) mass is 235 g/mol. The predicted molar refractivity (Wildman–Crippen MR) is 59.3 cm³/mol. The Morgan fingerprint density at radius 3 is 2.53 bits per heavy atom. The first-order valence-corrected chi connectivity index (χ1v) is 5.19. The largest absolute Gasteiger partial charge is 0.388 e. The number of aliphatic hydroxyl groups excluding tert-OH is 1. The molecule has 0 saturated heterocycles. The van der Waals surface area contributed by atoms with Crippen LogP contribution in [0.15, 0.2) is 42.7 Å². The van der Waals surface area contributed by atoms with Crippen molar-refractivity contribution in [3.63, 3.8) is 0 Å². The number of nitrogens with zero attached hydrogens (tertiary/aromatic N) is 1. The van der Waals surface area contributed by atoms with Crippen molar-refractivity contribution in [3.8, 4) is 0 Å².